The lowest BCUT2D eigenvalue weighted by molar-refractivity contribution is -0.116. The first-order valence-corrected chi connectivity index (χ1v) is 10.7. The van der Waals surface area contributed by atoms with E-state index in [-0.39, 0.29) is 17.7 Å². The number of carbonyl (C=O) groups excluding carboxylic acids is 2. The van der Waals surface area contributed by atoms with Crippen molar-refractivity contribution in [2.24, 2.45) is 0 Å². The van der Waals surface area contributed by atoms with Crippen LogP contribution in [0.1, 0.15) is 55.1 Å². The third kappa shape index (κ3) is 4.32. The first kappa shape index (κ1) is 19.0. The van der Waals surface area contributed by atoms with Crippen molar-refractivity contribution < 1.29 is 9.59 Å². The highest BCUT2D eigenvalue weighted by Crippen LogP contribution is 2.35. The van der Waals surface area contributed by atoms with Crippen LogP contribution in [-0.4, -0.2) is 33.7 Å². The van der Waals surface area contributed by atoms with Crippen LogP contribution >= 0.6 is 23.1 Å². The minimum absolute atomic E-state index is 0.000226. The Hall–Kier alpha value is -1.73. The van der Waals surface area contributed by atoms with Crippen molar-refractivity contribution in [2.75, 3.05) is 10.7 Å². The van der Waals surface area contributed by atoms with Crippen molar-refractivity contribution in [3.63, 3.8) is 0 Å². The molecule has 138 valence electrons. The van der Waals surface area contributed by atoms with Gasteiger partial charge in [0.1, 0.15) is 0 Å². The molecule has 1 aromatic heterocycles. The van der Waals surface area contributed by atoms with Gasteiger partial charge in [-0.05, 0) is 42.9 Å². The SMILES string of the molecule is CCc1ccc(CC)c(C(=O)CSc2nnc(N(C(C)=O)C3CC3)s2)c1. The highest BCUT2D eigenvalue weighted by Gasteiger charge is 2.34. The summed E-state index contributed by atoms with van der Waals surface area (Å²) in [6.45, 7) is 5.71. The van der Waals surface area contributed by atoms with Gasteiger partial charge in [-0.25, -0.2) is 0 Å². The summed E-state index contributed by atoms with van der Waals surface area (Å²) in [4.78, 5) is 26.3. The minimum atomic E-state index is 0.000226. The molecule has 3 rings (SSSR count). The first-order valence-electron chi connectivity index (χ1n) is 8.94. The van der Waals surface area contributed by atoms with E-state index in [1.807, 2.05) is 6.07 Å². The van der Waals surface area contributed by atoms with Crippen molar-refractivity contribution in [3.05, 3.63) is 34.9 Å². The summed E-state index contributed by atoms with van der Waals surface area (Å²) in [6, 6.07) is 6.43. The molecule has 0 N–H and O–H groups in total. The van der Waals surface area contributed by atoms with E-state index in [1.54, 1.807) is 11.8 Å². The smallest absolute Gasteiger partial charge is 0.225 e. The van der Waals surface area contributed by atoms with Gasteiger partial charge in [0.25, 0.3) is 0 Å². The molecule has 1 heterocycles. The van der Waals surface area contributed by atoms with E-state index < -0.39 is 0 Å². The fourth-order valence-corrected chi connectivity index (χ4v) is 4.70. The third-order valence-electron chi connectivity index (χ3n) is 4.44. The Balaban J connectivity index is 1.68. The highest BCUT2D eigenvalue weighted by molar-refractivity contribution is 8.01. The van der Waals surface area contributed by atoms with Crippen LogP contribution < -0.4 is 4.90 Å². The van der Waals surface area contributed by atoms with E-state index in [0.29, 0.717) is 10.9 Å². The maximum atomic E-state index is 12.7. The summed E-state index contributed by atoms with van der Waals surface area (Å²) in [5, 5.41) is 8.95. The monoisotopic (exact) mass is 389 g/mol. The Morgan fingerprint density at radius 3 is 2.62 bits per heavy atom. The van der Waals surface area contributed by atoms with Gasteiger partial charge in [-0.15, -0.1) is 10.2 Å². The molecule has 1 aliphatic rings. The number of hydrogen-bond acceptors (Lipinski definition) is 6. The van der Waals surface area contributed by atoms with Crippen LogP contribution in [0.2, 0.25) is 0 Å². The van der Waals surface area contributed by atoms with Crippen molar-refractivity contribution in [2.45, 2.75) is 56.8 Å². The Labute approximate surface area is 162 Å². The molecule has 0 spiro atoms. The number of anilines is 1. The van der Waals surface area contributed by atoms with Crippen LogP contribution in [0, 0.1) is 0 Å². The maximum Gasteiger partial charge on any atom is 0.225 e. The van der Waals surface area contributed by atoms with Crippen LogP contribution in [0.3, 0.4) is 0 Å². The molecule has 26 heavy (non-hydrogen) atoms. The number of rotatable bonds is 8. The zero-order chi connectivity index (χ0) is 18.7. The molecule has 0 bridgehead atoms. The quantitative estimate of drug-likeness (QED) is 0.385. The van der Waals surface area contributed by atoms with Gasteiger partial charge < -0.3 is 0 Å². The lowest BCUT2D eigenvalue weighted by Gasteiger charge is -2.15. The lowest BCUT2D eigenvalue weighted by Crippen LogP contribution is -2.30. The molecule has 1 aliphatic carbocycles. The van der Waals surface area contributed by atoms with Crippen LogP contribution in [0.15, 0.2) is 22.5 Å². The third-order valence-corrected chi connectivity index (χ3v) is 6.50. The molecule has 5 nitrogen and oxygen atoms in total. The predicted octanol–water partition coefficient (Wildman–Crippen LogP) is 4.15. The number of amides is 1. The van der Waals surface area contributed by atoms with Gasteiger partial charge in [0.2, 0.25) is 11.0 Å². The van der Waals surface area contributed by atoms with E-state index in [4.69, 9.17) is 0 Å². The topological polar surface area (TPSA) is 63.2 Å². The molecule has 2 aromatic rings. The molecule has 7 heteroatoms. The number of thioether (sulfide) groups is 1. The lowest BCUT2D eigenvalue weighted by atomic mass is 9.98. The average molecular weight is 390 g/mol. The zero-order valence-electron chi connectivity index (χ0n) is 15.3. The van der Waals surface area contributed by atoms with Gasteiger partial charge in [0.05, 0.1) is 5.75 Å². The van der Waals surface area contributed by atoms with Gasteiger partial charge in [-0.3, -0.25) is 14.5 Å². The zero-order valence-corrected chi connectivity index (χ0v) is 17.0. The van der Waals surface area contributed by atoms with Crippen molar-refractivity contribution >= 4 is 39.9 Å². The maximum absolute atomic E-state index is 12.7. The number of ketones is 1. The minimum Gasteiger partial charge on any atom is -0.293 e. The summed E-state index contributed by atoms with van der Waals surface area (Å²) in [5.74, 6) is 0.447. The summed E-state index contributed by atoms with van der Waals surface area (Å²) in [7, 11) is 0. The molecule has 1 amide bonds. The van der Waals surface area contributed by atoms with Crippen LogP contribution in [0.5, 0.6) is 0 Å². The van der Waals surface area contributed by atoms with E-state index in [2.05, 4.69) is 36.2 Å². The molecule has 0 aliphatic heterocycles. The summed E-state index contributed by atoms with van der Waals surface area (Å²) in [6.07, 6.45) is 3.80. The molecule has 1 aromatic carbocycles. The highest BCUT2D eigenvalue weighted by atomic mass is 32.2. The second kappa shape index (κ2) is 8.31. The molecular formula is C19H23N3O2S2. The molecule has 0 radical (unpaired) electrons. The number of carbonyl (C=O) groups is 2. The summed E-state index contributed by atoms with van der Waals surface area (Å²) < 4.78 is 0.727. The normalized spacial score (nSPS) is 13.7. The largest absolute Gasteiger partial charge is 0.293 e. The number of aromatic nitrogens is 2. The molecule has 1 saturated carbocycles. The van der Waals surface area contributed by atoms with Gasteiger partial charge in [-0.1, -0.05) is 49.1 Å². The van der Waals surface area contributed by atoms with Gasteiger partial charge in [-0.2, -0.15) is 0 Å². The second-order valence-corrected chi connectivity index (χ2v) is 8.56. The Bertz CT molecular complexity index is 815. The number of Topliss-reactive ketones (excluding diaryl/α,β-unsaturated/α-hetero) is 1. The van der Waals surface area contributed by atoms with Gasteiger partial charge in [0, 0.05) is 18.5 Å². The Morgan fingerprint density at radius 1 is 1.23 bits per heavy atom. The van der Waals surface area contributed by atoms with E-state index in [9.17, 15) is 9.59 Å². The van der Waals surface area contributed by atoms with Crippen LogP contribution in [0.25, 0.3) is 0 Å². The molecule has 0 atom stereocenters. The fourth-order valence-electron chi connectivity index (χ4n) is 2.86. The van der Waals surface area contributed by atoms with Gasteiger partial charge in [0.15, 0.2) is 10.1 Å². The number of aryl methyl sites for hydroxylation is 2. The average Bonchev–Trinajstić information content (AvgIpc) is 3.36. The Morgan fingerprint density at radius 2 is 2.00 bits per heavy atom. The van der Waals surface area contributed by atoms with E-state index >= 15 is 0 Å². The second-order valence-electron chi connectivity index (χ2n) is 6.38. The van der Waals surface area contributed by atoms with Crippen molar-refractivity contribution in [1.82, 2.24) is 10.2 Å². The van der Waals surface area contributed by atoms with Gasteiger partial charge >= 0.3 is 0 Å². The standard InChI is InChI=1S/C19H23N3O2S2/c1-4-13-6-7-14(5-2)16(10-13)17(24)11-25-19-21-20-18(26-19)22(12(3)23)15-8-9-15/h6-7,10,15H,4-5,8-9,11H2,1-3H3. The van der Waals surface area contributed by atoms with E-state index in [0.717, 1.165) is 41.1 Å². The van der Waals surface area contributed by atoms with Crippen LogP contribution in [0.4, 0.5) is 5.13 Å². The predicted molar refractivity (Wildman–Crippen MR) is 106 cm³/mol. The molecule has 0 saturated heterocycles. The molecular weight excluding hydrogens is 366 g/mol. The summed E-state index contributed by atoms with van der Waals surface area (Å²) in [5.41, 5.74) is 3.07. The summed E-state index contributed by atoms with van der Waals surface area (Å²) >= 11 is 2.78. The van der Waals surface area contributed by atoms with Crippen molar-refractivity contribution in [3.8, 4) is 0 Å². The van der Waals surface area contributed by atoms with Crippen LogP contribution in [-0.2, 0) is 17.6 Å². The Kier molecular flexibility index (Phi) is 6.09. The number of benzene rings is 1. The van der Waals surface area contributed by atoms with Crippen molar-refractivity contribution in [1.29, 1.82) is 0 Å². The molecule has 0 unspecified atom stereocenters. The first-order chi connectivity index (χ1) is 12.5. The number of hydrogen-bond donors (Lipinski definition) is 0. The fraction of sp³-hybridized carbons (Fsp3) is 0.474. The number of nitrogens with zero attached hydrogens (tertiary/aromatic N) is 3. The molecule has 1 fully saturated rings. The van der Waals surface area contributed by atoms with E-state index in [1.165, 1.54) is 28.7 Å².